The van der Waals surface area contributed by atoms with Crippen molar-refractivity contribution in [2.45, 2.75) is 46.3 Å². The fourth-order valence-corrected chi connectivity index (χ4v) is 3.32. The second kappa shape index (κ2) is 6.42. The summed E-state index contributed by atoms with van der Waals surface area (Å²) in [5, 5.41) is 2.10. The van der Waals surface area contributed by atoms with E-state index in [4.69, 9.17) is 10.5 Å². The number of nitrogens with two attached hydrogens (primary N) is 1. The van der Waals surface area contributed by atoms with Gasteiger partial charge in [-0.25, -0.2) is 0 Å². The average Bonchev–Trinajstić information content (AvgIpc) is 2.83. The smallest absolute Gasteiger partial charge is 0.148 e. The van der Waals surface area contributed by atoms with Crippen molar-refractivity contribution in [3.63, 3.8) is 0 Å². The monoisotopic (exact) mass is 289 g/mol. The Morgan fingerprint density at radius 2 is 1.90 bits per heavy atom. The molecule has 0 aliphatic carbocycles. The van der Waals surface area contributed by atoms with E-state index in [0.717, 1.165) is 17.7 Å². The van der Waals surface area contributed by atoms with Gasteiger partial charge in [0.1, 0.15) is 11.9 Å². The summed E-state index contributed by atoms with van der Waals surface area (Å²) in [5.41, 5.74) is 9.95. The minimum absolute atomic E-state index is 0.00746. The molecule has 2 rings (SSSR count). The number of rotatable bonds is 5. The molecule has 2 unspecified atom stereocenters. The number of benzene rings is 1. The van der Waals surface area contributed by atoms with Gasteiger partial charge in [-0.2, -0.15) is 0 Å². The number of aryl methyl sites for hydroxylation is 3. The van der Waals surface area contributed by atoms with E-state index in [-0.39, 0.29) is 12.1 Å². The molecular formula is C17H23NOS. The van der Waals surface area contributed by atoms with Crippen molar-refractivity contribution < 1.29 is 4.74 Å². The second-order valence-corrected chi connectivity index (χ2v) is 6.30. The van der Waals surface area contributed by atoms with Crippen molar-refractivity contribution >= 4 is 11.3 Å². The van der Waals surface area contributed by atoms with E-state index >= 15 is 0 Å². The Morgan fingerprint density at radius 3 is 2.45 bits per heavy atom. The van der Waals surface area contributed by atoms with E-state index in [9.17, 15) is 0 Å². The van der Waals surface area contributed by atoms with E-state index in [1.54, 1.807) is 11.3 Å². The minimum Gasteiger partial charge on any atom is -0.483 e. The largest absolute Gasteiger partial charge is 0.483 e. The molecule has 0 fully saturated rings. The molecule has 0 saturated carbocycles. The highest BCUT2D eigenvalue weighted by atomic mass is 32.1. The van der Waals surface area contributed by atoms with Crippen molar-refractivity contribution in [3.8, 4) is 5.75 Å². The van der Waals surface area contributed by atoms with Gasteiger partial charge in [-0.1, -0.05) is 24.6 Å². The van der Waals surface area contributed by atoms with Crippen LogP contribution in [-0.2, 0) is 0 Å². The Balaban J connectivity index is 2.31. The van der Waals surface area contributed by atoms with Gasteiger partial charge in [0.2, 0.25) is 0 Å². The molecule has 0 amide bonds. The molecule has 1 heterocycles. The zero-order valence-corrected chi connectivity index (χ0v) is 13.5. The molecule has 20 heavy (non-hydrogen) atoms. The van der Waals surface area contributed by atoms with Gasteiger partial charge in [0.25, 0.3) is 0 Å². The summed E-state index contributed by atoms with van der Waals surface area (Å²) in [7, 11) is 0. The second-order valence-electron chi connectivity index (χ2n) is 5.35. The van der Waals surface area contributed by atoms with Crippen LogP contribution in [0.15, 0.2) is 29.6 Å². The van der Waals surface area contributed by atoms with Crippen LogP contribution >= 0.6 is 11.3 Å². The molecule has 0 bridgehead atoms. The number of ether oxygens (including phenoxy) is 1. The van der Waals surface area contributed by atoms with Crippen molar-refractivity contribution in [3.05, 3.63) is 51.2 Å². The molecule has 0 aliphatic rings. The predicted molar refractivity (Wildman–Crippen MR) is 86.6 cm³/mol. The Kier molecular flexibility index (Phi) is 4.84. The highest BCUT2D eigenvalue weighted by molar-refractivity contribution is 7.10. The summed E-state index contributed by atoms with van der Waals surface area (Å²) in [6, 6.07) is 8.40. The van der Waals surface area contributed by atoms with Crippen LogP contribution in [0.25, 0.3) is 0 Å². The summed E-state index contributed by atoms with van der Waals surface area (Å²) in [6.07, 6.45) is 0.828. The molecule has 0 saturated heterocycles. The van der Waals surface area contributed by atoms with Crippen LogP contribution in [0.4, 0.5) is 0 Å². The van der Waals surface area contributed by atoms with E-state index in [0.29, 0.717) is 0 Å². The summed E-state index contributed by atoms with van der Waals surface area (Å²) < 4.78 is 6.26. The Labute approximate surface area is 125 Å². The van der Waals surface area contributed by atoms with Crippen molar-refractivity contribution in [2.24, 2.45) is 5.73 Å². The highest BCUT2D eigenvalue weighted by Gasteiger charge is 2.24. The Bertz CT molecular complexity index is 576. The molecule has 1 aromatic carbocycles. The van der Waals surface area contributed by atoms with Crippen LogP contribution < -0.4 is 10.5 Å². The molecule has 0 spiro atoms. The van der Waals surface area contributed by atoms with Gasteiger partial charge in [-0.15, -0.1) is 11.3 Å². The lowest BCUT2D eigenvalue weighted by Gasteiger charge is -2.25. The maximum atomic E-state index is 6.29. The van der Waals surface area contributed by atoms with Gasteiger partial charge in [-0.05, 0) is 55.8 Å². The first kappa shape index (κ1) is 15.1. The molecule has 2 nitrogen and oxygen atoms in total. The first-order valence-corrected chi connectivity index (χ1v) is 7.94. The number of hydrogen-bond acceptors (Lipinski definition) is 3. The lowest BCUT2D eigenvalue weighted by atomic mass is 10.0. The fraction of sp³-hybridized carbons (Fsp3) is 0.412. The van der Waals surface area contributed by atoms with Crippen LogP contribution in [0.3, 0.4) is 0 Å². The maximum absolute atomic E-state index is 6.29. The molecule has 1 aromatic heterocycles. The third kappa shape index (κ3) is 3.22. The van der Waals surface area contributed by atoms with Gasteiger partial charge < -0.3 is 10.5 Å². The Hall–Kier alpha value is -1.32. The van der Waals surface area contributed by atoms with E-state index < -0.39 is 0 Å². The third-order valence-corrected chi connectivity index (χ3v) is 4.69. The summed E-state index contributed by atoms with van der Waals surface area (Å²) in [5.74, 6) is 0.928. The first-order valence-electron chi connectivity index (χ1n) is 7.06. The molecule has 3 heteroatoms. The normalized spacial score (nSPS) is 14.1. The van der Waals surface area contributed by atoms with E-state index in [1.165, 1.54) is 16.0 Å². The molecule has 108 valence electrons. The van der Waals surface area contributed by atoms with Crippen LogP contribution in [0.5, 0.6) is 5.75 Å². The predicted octanol–water partition coefficient (Wildman–Crippen LogP) is 4.53. The van der Waals surface area contributed by atoms with Gasteiger partial charge >= 0.3 is 0 Å². The van der Waals surface area contributed by atoms with Crippen LogP contribution in [-0.4, -0.2) is 6.04 Å². The van der Waals surface area contributed by atoms with Crippen LogP contribution in [0.2, 0.25) is 0 Å². The van der Waals surface area contributed by atoms with Gasteiger partial charge in [0.15, 0.2) is 0 Å². The number of thiophene rings is 1. The maximum Gasteiger partial charge on any atom is 0.148 e. The van der Waals surface area contributed by atoms with Crippen molar-refractivity contribution in [1.29, 1.82) is 0 Å². The molecule has 0 radical (unpaired) electrons. The third-order valence-electron chi connectivity index (χ3n) is 3.60. The van der Waals surface area contributed by atoms with E-state index in [2.05, 4.69) is 51.3 Å². The molecule has 2 N–H and O–H groups in total. The molecule has 0 aliphatic heterocycles. The van der Waals surface area contributed by atoms with Crippen molar-refractivity contribution in [1.82, 2.24) is 0 Å². The van der Waals surface area contributed by atoms with E-state index in [1.807, 2.05) is 6.07 Å². The molecular weight excluding hydrogens is 266 g/mol. The highest BCUT2D eigenvalue weighted by Crippen LogP contribution is 2.32. The molecule has 2 aromatic rings. The number of hydrogen-bond donors (Lipinski definition) is 1. The average molecular weight is 289 g/mol. The SMILES string of the molecule is CCC(N)C(Oc1ccc(C)cc1C)c1sccc1C. The zero-order chi connectivity index (χ0) is 14.7. The quantitative estimate of drug-likeness (QED) is 0.877. The van der Waals surface area contributed by atoms with Crippen molar-refractivity contribution in [2.75, 3.05) is 0 Å². The van der Waals surface area contributed by atoms with Gasteiger partial charge in [-0.3, -0.25) is 0 Å². The standard InChI is InChI=1S/C17H23NOS/c1-5-14(18)16(17-12(3)8-9-20-17)19-15-7-6-11(2)10-13(15)4/h6-10,14,16H,5,18H2,1-4H3. The Morgan fingerprint density at radius 1 is 1.15 bits per heavy atom. The zero-order valence-electron chi connectivity index (χ0n) is 12.6. The minimum atomic E-state index is -0.0681. The molecule has 2 atom stereocenters. The van der Waals surface area contributed by atoms with Gasteiger partial charge in [0.05, 0.1) is 0 Å². The lowest BCUT2D eigenvalue weighted by Crippen LogP contribution is -2.31. The van der Waals surface area contributed by atoms with Crippen LogP contribution in [0, 0.1) is 20.8 Å². The lowest BCUT2D eigenvalue weighted by molar-refractivity contribution is 0.173. The first-order chi connectivity index (χ1) is 9.52. The fourth-order valence-electron chi connectivity index (χ4n) is 2.29. The summed E-state index contributed by atoms with van der Waals surface area (Å²) in [6.45, 7) is 8.39. The summed E-state index contributed by atoms with van der Waals surface area (Å²) >= 11 is 1.72. The topological polar surface area (TPSA) is 35.2 Å². The van der Waals surface area contributed by atoms with Crippen LogP contribution in [0.1, 0.15) is 41.0 Å². The summed E-state index contributed by atoms with van der Waals surface area (Å²) in [4.78, 5) is 1.24. The van der Waals surface area contributed by atoms with Gasteiger partial charge in [0, 0.05) is 10.9 Å².